The highest BCUT2D eigenvalue weighted by molar-refractivity contribution is 7.18. The second kappa shape index (κ2) is 6.92. The standard InChI is InChI=1S/C27H24Si/c1-2-21-17-19-25-24-15-9-10-16-26(24)28(27(25)20-18-21,22-11-5-3-6-12-22)23-13-7-4-8-14-23/h3-21H,2H2,1H3. The van der Waals surface area contributed by atoms with Crippen molar-refractivity contribution in [2.75, 3.05) is 0 Å². The summed E-state index contributed by atoms with van der Waals surface area (Å²) in [5.74, 6) is 0.510. The summed E-state index contributed by atoms with van der Waals surface area (Å²) in [6, 6.07) is 31.5. The molecule has 1 heteroatoms. The highest BCUT2D eigenvalue weighted by Crippen LogP contribution is 2.37. The molecule has 0 nitrogen and oxygen atoms in total. The molecule has 0 radical (unpaired) electrons. The molecule has 0 spiro atoms. The second-order valence-corrected chi connectivity index (χ2v) is 11.4. The molecule has 0 fully saturated rings. The third-order valence-corrected chi connectivity index (χ3v) is 11.1. The number of rotatable bonds is 3. The van der Waals surface area contributed by atoms with Crippen LogP contribution in [0.4, 0.5) is 0 Å². The molecule has 1 aliphatic carbocycles. The van der Waals surface area contributed by atoms with E-state index in [0.29, 0.717) is 5.92 Å². The Morgan fingerprint density at radius 1 is 0.679 bits per heavy atom. The fourth-order valence-corrected chi connectivity index (χ4v) is 10.1. The SMILES string of the molecule is CCC1C=CC2=C(C=C1)[Si](c1ccccc1)(c1ccccc1)c1ccccc12. The van der Waals surface area contributed by atoms with Crippen molar-refractivity contribution in [2.45, 2.75) is 13.3 Å². The number of fused-ring (bicyclic) bond motifs is 2. The summed E-state index contributed by atoms with van der Waals surface area (Å²) in [7, 11) is -2.30. The van der Waals surface area contributed by atoms with Gasteiger partial charge in [0, 0.05) is 0 Å². The van der Waals surface area contributed by atoms with Crippen LogP contribution in [0.5, 0.6) is 0 Å². The van der Waals surface area contributed by atoms with Gasteiger partial charge in [-0.25, -0.2) is 0 Å². The summed E-state index contributed by atoms with van der Waals surface area (Å²) in [5.41, 5.74) is 2.83. The van der Waals surface area contributed by atoms with Gasteiger partial charge in [0.2, 0.25) is 0 Å². The first-order valence-electron chi connectivity index (χ1n) is 10.2. The maximum Gasteiger partial charge on any atom is 0.180 e. The van der Waals surface area contributed by atoms with Crippen LogP contribution < -0.4 is 15.6 Å². The zero-order chi connectivity index (χ0) is 19.0. The molecule has 136 valence electrons. The highest BCUT2D eigenvalue weighted by atomic mass is 28.3. The van der Waals surface area contributed by atoms with Gasteiger partial charge in [-0.15, -0.1) is 0 Å². The van der Waals surface area contributed by atoms with Crippen LogP contribution in [0, 0.1) is 5.92 Å². The van der Waals surface area contributed by atoms with Crippen molar-refractivity contribution in [3.05, 3.63) is 120 Å². The molecule has 0 saturated carbocycles. The van der Waals surface area contributed by atoms with E-state index in [1.807, 2.05) is 0 Å². The zero-order valence-electron chi connectivity index (χ0n) is 16.2. The van der Waals surface area contributed by atoms with E-state index in [2.05, 4.69) is 116 Å². The largest absolute Gasteiger partial charge is 0.180 e. The highest BCUT2D eigenvalue weighted by Gasteiger charge is 2.48. The third-order valence-electron chi connectivity index (χ3n) is 6.22. The minimum absolute atomic E-state index is 0.510. The first kappa shape index (κ1) is 17.2. The molecule has 1 aliphatic heterocycles. The van der Waals surface area contributed by atoms with E-state index >= 15 is 0 Å². The molecule has 28 heavy (non-hydrogen) atoms. The van der Waals surface area contributed by atoms with Crippen molar-refractivity contribution in [1.82, 2.24) is 0 Å². The summed E-state index contributed by atoms with van der Waals surface area (Å²) < 4.78 is 0. The molecular formula is C27H24Si. The van der Waals surface area contributed by atoms with Crippen molar-refractivity contribution in [1.29, 1.82) is 0 Å². The predicted octanol–water partition coefficient (Wildman–Crippen LogP) is 4.62. The summed E-state index contributed by atoms with van der Waals surface area (Å²) in [6.07, 6.45) is 10.8. The Morgan fingerprint density at radius 2 is 1.25 bits per heavy atom. The number of benzene rings is 3. The summed E-state index contributed by atoms with van der Waals surface area (Å²) >= 11 is 0. The minimum atomic E-state index is -2.30. The van der Waals surface area contributed by atoms with Gasteiger partial charge in [0.25, 0.3) is 0 Å². The lowest BCUT2D eigenvalue weighted by atomic mass is 10.0. The van der Waals surface area contributed by atoms with E-state index in [0.717, 1.165) is 6.42 Å². The van der Waals surface area contributed by atoms with Crippen LogP contribution in [0.1, 0.15) is 18.9 Å². The second-order valence-electron chi connectivity index (χ2n) is 7.65. The van der Waals surface area contributed by atoms with Gasteiger partial charge in [-0.05, 0) is 44.2 Å². The predicted molar refractivity (Wildman–Crippen MR) is 123 cm³/mol. The van der Waals surface area contributed by atoms with Crippen LogP contribution in [0.3, 0.4) is 0 Å². The number of hydrogen-bond donors (Lipinski definition) is 0. The fraction of sp³-hybridized carbons (Fsp3) is 0.111. The monoisotopic (exact) mass is 376 g/mol. The molecule has 0 saturated heterocycles. The van der Waals surface area contributed by atoms with E-state index in [9.17, 15) is 0 Å². The van der Waals surface area contributed by atoms with Crippen molar-refractivity contribution in [2.24, 2.45) is 5.92 Å². The Kier molecular flexibility index (Phi) is 4.25. The van der Waals surface area contributed by atoms with E-state index in [1.165, 1.54) is 31.9 Å². The van der Waals surface area contributed by atoms with Crippen LogP contribution in [0.15, 0.2) is 114 Å². The van der Waals surface area contributed by atoms with E-state index in [-0.39, 0.29) is 0 Å². The van der Waals surface area contributed by atoms with Crippen LogP contribution in [-0.4, -0.2) is 8.07 Å². The average molecular weight is 377 g/mol. The molecule has 3 aromatic rings. The van der Waals surface area contributed by atoms with Crippen molar-refractivity contribution in [3.63, 3.8) is 0 Å². The van der Waals surface area contributed by atoms with E-state index in [1.54, 1.807) is 0 Å². The molecule has 0 N–H and O–H groups in total. The first-order chi connectivity index (χ1) is 13.9. The lowest BCUT2D eigenvalue weighted by Crippen LogP contribution is -2.67. The minimum Gasteiger partial charge on any atom is -0.0777 e. The zero-order valence-corrected chi connectivity index (χ0v) is 17.2. The molecule has 0 amide bonds. The Bertz CT molecular complexity index is 1050. The topological polar surface area (TPSA) is 0 Å². The van der Waals surface area contributed by atoms with E-state index in [4.69, 9.17) is 0 Å². The fourth-order valence-electron chi connectivity index (χ4n) is 4.87. The van der Waals surface area contributed by atoms with Crippen molar-refractivity contribution < 1.29 is 0 Å². The Morgan fingerprint density at radius 3 is 1.89 bits per heavy atom. The molecule has 2 aliphatic rings. The quantitative estimate of drug-likeness (QED) is 0.585. The van der Waals surface area contributed by atoms with Crippen LogP contribution in [0.25, 0.3) is 5.57 Å². The Labute approximate surface area is 168 Å². The summed E-state index contributed by atoms with van der Waals surface area (Å²) in [6.45, 7) is 2.27. The van der Waals surface area contributed by atoms with Crippen LogP contribution >= 0.6 is 0 Å². The van der Waals surface area contributed by atoms with Gasteiger partial charge in [-0.3, -0.25) is 0 Å². The van der Waals surface area contributed by atoms with Gasteiger partial charge in [0.05, 0.1) is 0 Å². The van der Waals surface area contributed by atoms with Gasteiger partial charge in [0.1, 0.15) is 0 Å². The van der Waals surface area contributed by atoms with Crippen molar-refractivity contribution >= 4 is 29.2 Å². The van der Waals surface area contributed by atoms with Crippen LogP contribution in [-0.2, 0) is 0 Å². The molecule has 3 aromatic carbocycles. The Balaban J connectivity index is 1.91. The molecule has 1 heterocycles. The summed E-state index contributed by atoms with van der Waals surface area (Å²) in [4.78, 5) is 0. The van der Waals surface area contributed by atoms with Gasteiger partial charge in [0.15, 0.2) is 8.07 Å². The number of hydrogen-bond acceptors (Lipinski definition) is 0. The molecule has 1 unspecified atom stereocenters. The molecule has 1 atom stereocenters. The molecular weight excluding hydrogens is 352 g/mol. The first-order valence-corrected chi connectivity index (χ1v) is 12.2. The molecule has 0 bridgehead atoms. The van der Waals surface area contributed by atoms with Crippen LogP contribution in [0.2, 0.25) is 0 Å². The smallest absolute Gasteiger partial charge is 0.0777 e. The molecule has 0 aromatic heterocycles. The summed E-state index contributed by atoms with van der Waals surface area (Å²) in [5, 5.41) is 5.97. The molecule has 5 rings (SSSR count). The maximum absolute atomic E-state index is 2.45. The normalized spacial score (nSPS) is 19.2. The average Bonchev–Trinajstić information content (AvgIpc) is 2.89. The third kappa shape index (κ3) is 2.43. The van der Waals surface area contributed by atoms with Crippen molar-refractivity contribution in [3.8, 4) is 0 Å². The Hall–Kier alpha value is -2.90. The van der Waals surface area contributed by atoms with Gasteiger partial charge in [-0.2, -0.15) is 0 Å². The van der Waals surface area contributed by atoms with Gasteiger partial charge < -0.3 is 0 Å². The lowest BCUT2D eigenvalue weighted by Gasteiger charge is -2.32. The lowest BCUT2D eigenvalue weighted by molar-refractivity contribution is 0.775. The number of allylic oxidation sites excluding steroid dienone is 6. The van der Waals surface area contributed by atoms with E-state index < -0.39 is 8.07 Å². The maximum atomic E-state index is 2.45. The van der Waals surface area contributed by atoms with Gasteiger partial charge in [-0.1, -0.05) is 116 Å². The van der Waals surface area contributed by atoms with Gasteiger partial charge >= 0.3 is 0 Å².